The van der Waals surface area contributed by atoms with E-state index in [1.165, 1.54) is 13.4 Å². The van der Waals surface area contributed by atoms with E-state index in [9.17, 15) is 13.2 Å². The van der Waals surface area contributed by atoms with Crippen molar-refractivity contribution in [3.63, 3.8) is 0 Å². The van der Waals surface area contributed by atoms with Gasteiger partial charge >= 0.3 is 0 Å². The number of hydrogen-bond acceptors (Lipinski definition) is 5. The molecule has 1 aromatic carbocycles. The SMILES string of the molecule is COc1ccc(OC2CCCC(S(C)(=O)=O)C2)c(C=O)c1. The number of carbonyl (C=O) groups excluding carboxylic acids is 1. The molecule has 0 aliphatic heterocycles. The number of sulfone groups is 1. The van der Waals surface area contributed by atoms with E-state index >= 15 is 0 Å². The van der Waals surface area contributed by atoms with Gasteiger partial charge in [-0.25, -0.2) is 8.42 Å². The fourth-order valence-corrected chi connectivity index (χ4v) is 3.79. The van der Waals surface area contributed by atoms with Crippen molar-refractivity contribution in [2.45, 2.75) is 37.0 Å². The zero-order chi connectivity index (χ0) is 15.5. The summed E-state index contributed by atoms with van der Waals surface area (Å²) in [6.07, 6.45) is 4.58. The van der Waals surface area contributed by atoms with Crippen LogP contribution in [0.25, 0.3) is 0 Å². The molecule has 0 heterocycles. The van der Waals surface area contributed by atoms with Gasteiger partial charge in [0.1, 0.15) is 21.3 Å². The lowest BCUT2D eigenvalue weighted by atomic mass is 9.97. The van der Waals surface area contributed by atoms with Crippen molar-refractivity contribution in [1.29, 1.82) is 0 Å². The van der Waals surface area contributed by atoms with Crippen LogP contribution in [0.15, 0.2) is 18.2 Å². The number of carbonyl (C=O) groups is 1. The van der Waals surface area contributed by atoms with Crippen molar-refractivity contribution < 1.29 is 22.7 Å². The molecule has 0 N–H and O–H groups in total. The Morgan fingerprint density at radius 1 is 1.29 bits per heavy atom. The van der Waals surface area contributed by atoms with Crippen LogP contribution in [0.1, 0.15) is 36.0 Å². The molecule has 5 nitrogen and oxygen atoms in total. The zero-order valence-corrected chi connectivity index (χ0v) is 13.1. The first-order valence-corrected chi connectivity index (χ1v) is 8.88. The van der Waals surface area contributed by atoms with E-state index in [1.54, 1.807) is 18.2 Å². The molecule has 21 heavy (non-hydrogen) atoms. The Balaban J connectivity index is 2.12. The van der Waals surface area contributed by atoms with Gasteiger partial charge in [0.05, 0.1) is 24.0 Å². The first kappa shape index (κ1) is 15.8. The summed E-state index contributed by atoms with van der Waals surface area (Å²) < 4.78 is 34.2. The van der Waals surface area contributed by atoms with E-state index < -0.39 is 9.84 Å². The second-order valence-electron chi connectivity index (χ2n) is 5.38. The summed E-state index contributed by atoms with van der Waals surface area (Å²) in [4.78, 5) is 11.1. The van der Waals surface area contributed by atoms with Crippen molar-refractivity contribution in [3.05, 3.63) is 23.8 Å². The summed E-state index contributed by atoms with van der Waals surface area (Å²) in [5.41, 5.74) is 0.413. The molecule has 0 saturated heterocycles. The number of methoxy groups -OCH3 is 1. The number of hydrogen-bond donors (Lipinski definition) is 0. The highest BCUT2D eigenvalue weighted by Gasteiger charge is 2.30. The van der Waals surface area contributed by atoms with Crippen LogP contribution in [0.2, 0.25) is 0 Å². The fraction of sp³-hybridized carbons (Fsp3) is 0.533. The predicted molar refractivity (Wildman–Crippen MR) is 79.9 cm³/mol. The summed E-state index contributed by atoms with van der Waals surface area (Å²) in [6, 6.07) is 5.02. The van der Waals surface area contributed by atoms with Crippen LogP contribution >= 0.6 is 0 Å². The molecule has 1 fully saturated rings. The average molecular weight is 312 g/mol. The first-order chi connectivity index (χ1) is 9.94. The van der Waals surface area contributed by atoms with Gasteiger partial charge in [-0.15, -0.1) is 0 Å². The van der Waals surface area contributed by atoms with Gasteiger partial charge in [0.2, 0.25) is 0 Å². The van der Waals surface area contributed by atoms with E-state index in [4.69, 9.17) is 9.47 Å². The van der Waals surface area contributed by atoms with Gasteiger partial charge in [-0.05, 0) is 37.5 Å². The van der Waals surface area contributed by atoms with Crippen LogP contribution < -0.4 is 9.47 Å². The van der Waals surface area contributed by atoms with Crippen molar-refractivity contribution in [1.82, 2.24) is 0 Å². The molecule has 116 valence electrons. The van der Waals surface area contributed by atoms with Gasteiger partial charge in [-0.2, -0.15) is 0 Å². The Morgan fingerprint density at radius 3 is 2.67 bits per heavy atom. The maximum atomic E-state index is 11.7. The maximum absolute atomic E-state index is 11.7. The predicted octanol–water partition coefficient (Wildman–Crippen LogP) is 2.24. The molecule has 2 unspecified atom stereocenters. The smallest absolute Gasteiger partial charge is 0.153 e. The van der Waals surface area contributed by atoms with Gasteiger partial charge in [0.15, 0.2) is 6.29 Å². The summed E-state index contributed by atoms with van der Waals surface area (Å²) in [6.45, 7) is 0. The van der Waals surface area contributed by atoms with E-state index in [1.807, 2.05) is 0 Å². The molecule has 6 heteroatoms. The normalized spacial score (nSPS) is 22.6. The van der Waals surface area contributed by atoms with E-state index in [-0.39, 0.29) is 11.4 Å². The Kier molecular flexibility index (Phi) is 4.88. The van der Waals surface area contributed by atoms with Crippen LogP contribution in [0, 0.1) is 0 Å². The van der Waals surface area contributed by atoms with Crippen LogP contribution in [0.3, 0.4) is 0 Å². The lowest BCUT2D eigenvalue weighted by Gasteiger charge is -2.29. The lowest BCUT2D eigenvalue weighted by Crippen LogP contribution is -2.33. The first-order valence-electron chi connectivity index (χ1n) is 6.92. The molecule has 1 aliphatic carbocycles. The van der Waals surface area contributed by atoms with Gasteiger partial charge in [-0.3, -0.25) is 4.79 Å². The molecule has 2 atom stereocenters. The molecule has 0 spiro atoms. The monoisotopic (exact) mass is 312 g/mol. The van der Waals surface area contributed by atoms with Crippen LogP contribution in [0.4, 0.5) is 0 Å². The summed E-state index contributed by atoms with van der Waals surface area (Å²) >= 11 is 0. The van der Waals surface area contributed by atoms with Gasteiger partial charge in [0.25, 0.3) is 0 Å². The minimum absolute atomic E-state index is 0.175. The van der Waals surface area contributed by atoms with Crippen molar-refractivity contribution in [2.75, 3.05) is 13.4 Å². The number of ether oxygens (including phenoxy) is 2. The minimum atomic E-state index is -3.05. The van der Waals surface area contributed by atoms with Gasteiger partial charge in [-0.1, -0.05) is 0 Å². The molecule has 0 aromatic heterocycles. The maximum Gasteiger partial charge on any atom is 0.153 e. The Labute approximate surface area is 125 Å². The molecule has 1 aliphatic rings. The quantitative estimate of drug-likeness (QED) is 0.780. The second kappa shape index (κ2) is 6.47. The molecule has 1 saturated carbocycles. The highest BCUT2D eigenvalue weighted by molar-refractivity contribution is 7.91. The van der Waals surface area contributed by atoms with Crippen LogP contribution in [-0.4, -0.2) is 39.4 Å². The van der Waals surface area contributed by atoms with Crippen molar-refractivity contribution in [3.8, 4) is 11.5 Å². The minimum Gasteiger partial charge on any atom is -0.497 e. The summed E-state index contributed by atoms with van der Waals surface area (Å²) in [5.74, 6) is 1.06. The molecule has 0 amide bonds. The second-order valence-corrected chi connectivity index (χ2v) is 7.71. The summed E-state index contributed by atoms with van der Waals surface area (Å²) in [7, 11) is -1.52. The molecule has 0 bridgehead atoms. The van der Waals surface area contributed by atoms with Crippen LogP contribution in [0.5, 0.6) is 11.5 Å². The molecule has 2 rings (SSSR count). The number of aldehydes is 1. The van der Waals surface area contributed by atoms with Gasteiger partial charge < -0.3 is 9.47 Å². The van der Waals surface area contributed by atoms with Gasteiger partial charge in [0, 0.05) is 12.7 Å². The highest BCUT2D eigenvalue weighted by atomic mass is 32.2. The van der Waals surface area contributed by atoms with Crippen LogP contribution in [-0.2, 0) is 9.84 Å². The topological polar surface area (TPSA) is 69.7 Å². The molecular formula is C15H20O5S. The van der Waals surface area contributed by atoms with E-state index in [2.05, 4.69) is 0 Å². The zero-order valence-electron chi connectivity index (χ0n) is 12.2. The average Bonchev–Trinajstić information content (AvgIpc) is 2.47. The summed E-state index contributed by atoms with van der Waals surface area (Å²) in [5, 5.41) is -0.353. The Morgan fingerprint density at radius 2 is 2.05 bits per heavy atom. The third kappa shape index (κ3) is 3.97. The van der Waals surface area contributed by atoms with E-state index in [0.29, 0.717) is 36.2 Å². The molecule has 0 radical (unpaired) electrons. The largest absolute Gasteiger partial charge is 0.497 e. The van der Waals surface area contributed by atoms with Crippen molar-refractivity contribution in [2.24, 2.45) is 0 Å². The number of rotatable bonds is 5. The Hall–Kier alpha value is -1.56. The third-order valence-electron chi connectivity index (χ3n) is 3.82. The fourth-order valence-electron chi connectivity index (χ4n) is 2.63. The lowest BCUT2D eigenvalue weighted by molar-refractivity contribution is 0.111. The van der Waals surface area contributed by atoms with E-state index in [0.717, 1.165) is 12.8 Å². The Bertz CT molecular complexity index is 608. The third-order valence-corrected chi connectivity index (χ3v) is 5.46. The molecule has 1 aromatic rings. The highest BCUT2D eigenvalue weighted by Crippen LogP contribution is 2.30. The standard InChI is InChI=1S/C15H20O5S/c1-19-12-6-7-15(11(8-12)10-16)20-13-4-3-5-14(9-13)21(2,17)18/h6-8,10,13-14H,3-5,9H2,1-2H3. The number of benzene rings is 1. The van der Waals surface area contributed by atoms with Crippen molar-refractivity contribution >= 4 is 16.1 Å². The molecular weight excluding hydrogens is 292 g/mol.